The molecule has 0 aromatic heterocycles. The molecule has 0 spiro atoms. The molecule has 2 rings (SSSR count). The molecule has 17 heavy (non-hydrogen) atoms. The average molecular weight is 273 g/mol. The fourth-order valence-corrected chi connectivity index (χ4v) is 2.81. The first kappa shape index (κ1) is 13.2. The van der Waals surface area contributed by atoms with Crippen molar-refractivity contribution in [2.45, 2.75) is 25.9 Å². The van der Waals surface area contributed by atoms with E-state index >= 15 is 0 Å². The average Bonchev–Trinajstić information content (AvgIpc) is 2.22. The summed E-state index contributed by atoms with van der Waals surface area (Å²) in [6.45, 7) is 8.30. The SMILES string of the molecule is CC1(C)CN(Cc2c(Cl)cccc2Cl)CCN1. The summed E-state index contributed by atoms with van der Waals surface area (Å²) in [6.07, 6.45) is 0. The predicted octanol–water partition coefficient (Wildman–Crippen LogP) is 3.18. The zero-order valence-electron chi connectivity index (χ0n) is 10.3. The van der Waals surface area contributed by atoms with E-state index in [0.717, 1.165) is 41.8 Å². The van der Waals surface area contributed by atoms with Crippen LogP contribution in [-0.2, 0) is 6.54 Å². The largest absolute Gasteiger partial charge is 0.309 e. The van der Waals surface area contributed by atoms with Gasteiger partial charge in [0, 0.05) is 47.3 Å². The van der Waals surface area contributed by atoms with Gasteiger partial charge in [0.25, 0.3) is 0 Å². The quantitative estimate of drug-likeness (QED) is 0.890. The van der Waals surface area contributed by atoms with Crippen LogP contribution in [0, 0.1) is 0 Å². The Morgan fingerprint density at radius 2 is 1.94 bits per heavy atom. The maximum atomic E-state index is 6.19. The molecule has 1 heterocycles. The van der Waals surface area contributed by atoms with Crippen LogP contribution in [0.1, 0.15) is 19.4 Å². The fourth-order valence-electron chi connectivity index (χ4n) is 2.29. The van der Waals surface area contributed by atoms with Crippen LogP contribution >= 0.6 is 23.2 Å². The first-order valence-corrected chi connectivity index (χ1v) is 6.64. The van der Waals surface area contributed by atoms with Gasteiger partial charge in [0.2, 0.25) is 0 Å². The van der Waals surface area contributed by atoms with Crippen molar-refractivity contribution in [2.24, 2.45) is 0 Å². The molecule has 1 N–H and O–H groups in total. The van der Waals surface area contributed by atoms with Gasteiger partial charge in [-0.2, -0.15) is 0 Å². The van der Waals surface area contributed by atoms with Gasteiger partial charge < -0.3 is 5.32 Å². The number of hydrogen-bond donors (Lipinski definition) is 1. The van der Waals surface area contributed by atoms with Gasteiger partial charge in [-0.25, -0.2) is 0 Å². The van der Waals surface area contributed by atoms with Gasteiger partial charge in [0.15, 0.2) is 0 Å². The van der Waals surface area contributed by atoms with E-state index in [1.54, 1.807) is 0 Å². The Hall–Kier alpha value is -0.280. The number of halogens is 2. The lowest BCUT2D eigenvalue weighted by Crippen LogP contribution is -2.56. The number of nitrogens with one attached hydrogen (secondary N) is 1. The summed E-state index contributed by atoms with van der Waals surface area (Å²) in [5, 5.41) is 5.01. The molecule has 1 aliphatic heterocycles. The van der Waals surface area contributed by atoms with E-state index in [0.29, 0.717) is 0 Å². The fraction of sp³-hybridized carbons (Fsp3) is 0.538. The van der Waals surface area contributed by atoms with Gasteiger partial charge in [-0.1, -0.05) is 29.3 Å². The molecule has 0 bridgehead atoms. The van der Waals surface area contributed by atoms with Crippen LogP contribution in [-0.4, -0.2) is 30.1 Å². The molecule has 0 amide bonds. The number of piperazine rings is 1. The highest BCUT2D eigenvalue weighted by atomic mass is 35.5. The molecular formula is C13H18Cl2N2. The first-order valence-electron chi connectivity index (χ1n) is 5.88. The molecule has 1 saturated heterocycles. The lowest BCUT2D eigenvalue weighted by molar-refractivity contribution is 0.148. The number of rotatable bonds is 2. The standard InChI is InChI=1S/C13H18Cl2N2/c1-13(2)9-17(7-6-16-13)8-10-11(14)4-3-5-12(10)15/h3-5,16H,6-9H2,1-2H3. The minimum absolute atomic E-state index is 0.159. The van der Waals surface area contributed by atoms with Crippen LogP contribution in [0.15, 0.2) is 18.2 Å². The lowest BCUT2D eigenvalue weighted by atomic mass is 10.0. The number of nitrogens with zero attached hydrogens (tertiary/aromatic N) is 1. The van der Waals surface area contributed by atoms with Crippen molar-refractivity contribution in [3.63, 3.8) is 0 Å². The minimum Gasteiger partial charge on any atom is -0.309 e. The zero-order valence-corrected chi connectivity index (χ0v) is 11.8. The second-order valence-corrected chi connectivity index (χ2v) is 6.04. The van der Waals surface area contributed by atoms with E-state index in [9.17, 15) is 0 Å². The Balaban J connectivity index is 2.10. The summed E-state index contributed by atoms with van der Waals surface area (Å²) < 4.78 is 0. The summed E-state index contributed by atoms with van der Waals surface area (Å²) in [5.41, 5.74) is 1.19. The van der Waals surface area contributed by atoms with Crippen molar-refractivity contribution in [1.29, 1.82) is 0 Å². The summed E-state index contributed by atoms with van der Waals surface area (Å²) in [7, 11) is 0. The number of benzene rings is 1. The summed E-state index contributed by atoms with van der Waals surface area (Å²) in [5.74, 6) is 0. The zero-order chi connectivity index (χ0) is 12.5. The number of hydrogen-bond acceptors (Lipinski definition) is 2. The second-order valence-electron chi connectivity index (χ2n) is 5.22. The normalized spacial score (nSPS) is 20.5. The Bertz CT molecular complexity index is 384. The Labute approximate surface area is 113 Å². The van der Waals surface area contributed by atoms with Crippen LogP contribution in [0.3, 0.4) is 0 Å². The highest BCUT2D eigenvalue weighted by Gasteiger charge is 2.26. The smallest absolute Gasteiger partial charge is 0.0465 e. The third-order valence-corrected chi connectivity index (χ3v) is 3.80. The molecule has 4 heteroatoms. The Kier molecular flexibility index (Phi) is 3.99. The molecular weight excluding hydrogens is 255 g/mol. The molecule has 0 atom stereocenters. The molecule has 1 aromatic carbocycles. The van der Waals surface area contributed by atoms with Crippen molar-refractivity contribution < 1.29 is 0 Å². The van der Waals surface area contributed by atoms with Crippen LogP contribution in [0.2, 0.25) is 10.0 Å². The first-order chi connectivity index (χ1) is 7.98. The topological polar surface area (TPSA) is 15.3 Å². The molecule has 1 aromatic rings. The van der Waals surface area contributed by atoms with Crippen molar-refractivity contribution in [3.05, 3.63) is 33.8 Å². The lowest BCUT2D eigenvalue weighted by Gasteiger charge is -2.39. The summed E-state index contributed by atoms with van der Waals surface area (Å²) in [6, 6.07) is 5.68. The molecule has 94 valence electrons. The van der Waals surface area contributed by atoms with Crippen molar-refractivity contribution in [1.82, 2.24) is 10.2 Å². The van der Waals surface area contributed by atoms with E-state index in [1.807, 2.05) is 18.2 Å². The second kappa shape index (κ2) is 5.15. The van der Waals surface area contributed by atoms with Gasteiger partial charge in [0.05, 0.1) is 0 Å². The van der Waals surface area contributed by atoms with Crippen LogP contribution < -0.4 is 5.32 Å². The minimum atomic E-state index is 0.159. The summed E-state index contributed by atoms with van der Waals surface area (Å²) >= 11 is 12.4. The molecule has 0 saturated carbocycles. The molecule has 1 aliphatic rings. The predicted molar refractivity (Wildman–Crippen MR) is 73.8 cm³/mol. The van der Waals surface area contributed by atoms with E-state index in [-0.39, 0.29) is 5.54 Å². The van der Waals surface area contributed by atoms with Crippen molar-refractivity contribution in [2.75, 3.05) is 19.6 Å². The maximum Gasteiger partial charge on any atom is 0.0465 e. The molecule has 1 fully saturated rings. The van der Waals surface area contributed by atoms with Crippen LogP contribution in [0.5, 0.6) is 0 Å². The highest BCUT2D eigenvalue weighted by molar-refractivity contribution is 6.35. The van der Waals surface area contributed by atoms with Gasteiger partial charge in [-0.15, -0.1) is 0 Å². The van der Waals surface area contributed by atoms with Gasteiger partial charge >= 0.3 is 0 Å². The molecule has 0 radical (unpaired) electrons. The molecule has 2 nitrogen and oxygen atoms in total. The van der Waals surface area contributed by atoms with E-state index in [4.69, 9.17) is 23.2 Å². The summed E-state index contributed by atoms with van der Waals surface area (Å²) in [4.78, 5) is 2.39. The van der Waals surface area contributed by atoms with E-state index in [1.165, 1.54) is 0 Å². The highest BCUT2D eigenvalue weighted by Crippen LogP contribution is 2.26. The van der Waals surface area contributed by atoms with E-state index < -0.39 is 0 Å². The third-order valence-electron chi connectivity index (χ3n) is 3.09. The van der Waals surface area contributed by atoms with Crippen molar-refractivity contribution in [3.8, 4) is 0 Å². The van der Waals surface area contributed by atoms with E-state index in [2.05, 4.69) is 24.1 Å². The maximum absolute atomic E-state index is 6.19. The Morgan fingerprint density at radius 1 is 1.29 bits per heavy atom. The van der Waals surface area contributed by atoms with Crippen LogP contribution in [0.4, 0.5) is 0 Å². The van der Waals surface area contributed by atoms with Crippen LogP contribution in [0.25, 0.3) is 0 Å². The van der Waals surface area contributed by atoms with Gasteiger partial charge in [-0.05, 0) is 26.0 Å². The van der Waals surface area contributed by atoms with Crippen molar-refractivity contribution >= 4 is 23.2 Å². The molecule has 0 unspecified atom stereocenters. The third kappa shape index (κ3) is 3.35. The Morgan fingerprint density at radius 3 is 2.53 bits per heavy atom. The van der Waals surface area contributed by atoms with Gasteiger partial charge in [-0.3, -0.25) is 4.90 Å². The molecule has 0 aliphatic carbocycles. The van der Waals surface area contributed by atoms with Gasteiger partial charge in [0.1, 0.15) is 0 Å². The monoisotopic (exact) mass is 272 g/mol.